The Morgan fingerprint density at radius 3 is 2.37 bits per heavy atom. The molecule has 0 unspecified atom stereocenters. The van der Waals surface area contributed by atoms with Crippen LogP contribution in [0, 0.1) is 0 Å². The predicted molar refractivity (Wildman–Crippen MR) is 115 cm³/mol. The van der Waals surface area contributed by atoms with Crippen LogP contribution in [0.2, 0.25) is 0 Å². The van der Waals surface area contributed by atoms with Crippen molar-refractivity contribution in [3.63, 3.8) is 0 Å². The molecule has 0 saturated heterocycles. The Kier molecular flexibility index (Phi) is 7.24. The van der Waals surface area contributed by atoms with Crippen LogP contribution in [0.4, 0.5) is 5.69 Å². The summed E-state index contributed by atoms with van der Waals surface area (Å²) in [6.45, 7) is 5.79. The monoisotopic (exact) mass is 412 g/mol. The van der Waals surface area contributed by atoms with Gasteiger partial charge in [0.2, 0.25) is 17.7 Å². The van der Waals surface area contributed by atoms with Crippen molar-refractivity contribution in [3.05, 3.63) is 41.5 Å². The van der Waals surface area contributed by atoms with E-state index in [2.05, 4.69) is 34.6 Å². The minimum absolute atomic E-state index is 0.0916. The quantitative estimate of drug-likeness (QED) is 0.655. The number of carbonyl (C=O) groups is 2. The van der Waals surface area contributed by atoms with Crippen molar-refractivity contribution in [3.8, 4) is 0 Å². The van der Waals surface area contributed by atoms with E-state index in [0.29, 0.717) is 24.1 Å². The van der Waals surface area contributed by atoms with Crippen LogP contribution in [0.25, 0.3) is 0 Å². The van der Waals surface area contributed by atoms with Gasteiger partial charge in [-0.25, -0.2) is 0 Å². The molecule has 7 heteroatoms. The summed E-state index contributed by atoms with van der Waals surface area (Å²) < 4.78 is 5.42. The molecular formula is C23H32N4O3. The first-order chi connectivity index (χ1) is 14.4. The molecular weight excluding hydrogens is 380 g/mol. The highest BCUT2D eigenvalue weighted by molar-refractivity contribution is 5.90. The second-order valence-corrected chi connectivity index (χ2v) is 8.51. The molecule has 0 atom stereocenters. The molecule has 0 radical (unpaired) electrons. The minimum atomic E-state index is -0.565. The van der Waals surface area contributed by atoms with Gasteiger partial charge >= 0.3 is 0 Å². The van der Waals surface area contributed by atoms with Crippen molar-refractivity contribution in [1.29, 1.82) is 0 Å². The van der Waals surface area contributed by atoms with Crippen LogP contribution in [-0.4, -0.2) is 22.0 Å². The molecule has 30 heavy (non-hydrogen) atoms. The number of carbonyl (C=O) groups excluding carboxylic acids is 2. The average molecular weight is 413 g/mol. The number of nitrogens with zero attached hydrogens (tertiary/aromatic N) is 2. The standard InChI is InChI=1S/C23H32N4O3/c1-16(2)18-8-10-19(11-9-18)24-20(29)12-13-21-25-22(27-30-21)23(26-17(3)28)14-6-4-5-7-15-23/h8-11,16H,4-7,12-15H2,1-3H3,(H,24,29)(H,26,28). The summed E-state index contributed by atoms with van der Waals surface area (Å²) >= 11 is 0. The Morgan fingerprint density at radius 2 is 1.77 bits per heavy atom. The third kappa shape index (κ3) is 5.68. The maximum absolute atomic E-state index is 12.3. The van der Waals surface area contributed by atoms with Crippen LogP contribution >= 0.6 is 0 Å². The minimum Gasteiger partial charge on any atom is -0.343 e. The fraction of sp³-hybridized carbons (Fsp3) is 0.565. The molecule has 3 rings (SSSR count). The van der Waals surface area contributed by atoms with Crippen LogP contribution in [0.1, 0.15) is 88.9 Å². The molecule has 1 aliphatic carbocycles. The van der Waals surface area contributed by atoms with Crippen LogP contribution in [0.5, 0.6) is 0 Å². The number of nitrogens with one attached hydrogen (secondary N) is 2. The van der Waals surface area contributed by atoms with E-state index in [9.17, 15) is 9.59 Å². The molecule has 0 aliphatic heterocycles. The van der Waals surface area contributed by atoms with Gasteiger partial charge in [-0.05, 0) is 36.5 Å². The van der Waals surface area contributed by atoms with Crippen molar-refractivity contribution < 1.29 is 14.1 Å². The fourth-order valence-electron chi connectivity index (χ4n) is 4.02. The largest absolute Gasteiger partial charge is 0.343 e. The van der Waals surface area contributed by atoms with E-state index in [0.717, 1.165) is 44.2 Å². The zero-order valence-corrected chi connectivity index (χ0v) is 18.2. The Balaban J connectivity index is 1.60. The molecule has 162 valence electrons. The smallest absolute Gasteiger partial charge is 0.227 e. The van der Waals surface area contributed by atoms with E-state index >= 15 is 0 Å². The van der Waals surface area contributed by atoms with Gasteiger partial charge in [-0.3, -0.25) is 9.59 Å². The summed E-state index contributed by atoms with van der Waals surface area (Å²) in [4.78, 5) is 28.7. The third-order valence-corrected chi connectivity index (χ3v) is 5.70. The highest BCUT2D eigenvalue weighted by atomic mass is 16.5. The molecule has 1 aromatic heterocycles. The number of hydrogen-bond donors (Lipinski definition) is 2. The van der Waals surface area contributed by atoms with Gasteiger partial charge in [0.15, 0.2) is 5.82 Å². The van der Waals surface area contributed by atoms with Crippen LogP contribution in [-0.2, 0) is 21.5 Å². The number of hydrogen-bond acceptors (Lipinski definition) is 5. The second-order valence-electron chi connectivity index (χ2n) is 8.51. The summed E-state index contributed by atoms with van der Waals surface area (Å²) in [5, 5.41) is 10.1. The first-order valence-electron chi connectivity index (χ1n) is 10.9. The highest BCUT2D eigenvalue weighted by Gasteiger charge is 2.38. The third-order valence-electron chi connectivity index (χ3n) is 5.70. The highest BCUT2D eigenvalue weighted by Crippen LogP contribution is 2.34. The van der Waals surface area contributed by atoms with E-state index in [1.54, 1.807) is 0 Å². The maximum atomic E-state index is 12.3. The lowest BCUT2D eigenvalue weighted by molar-refractivity contribution is -0.121. The second kappa shape index (κ2) is 9.87. The first-order valence-corrected chi connectivity index (χ1v) is 10.9. The zero-order chi connectivity index (χ0) is 21.6. The summed E-state index contributed by atoms with van der Waals surface area (Å²) in [5.74, 6) is 1.21. The van der Waals surface area contributed by atoms with Crippen LogP contribution < -0.4 is 10.6 Å². The van der Waals surface area contributed by atoms with Gasteiger partial charge < -0.3 is 15.2 Å². The van der Waals surface area contributed by atoms with E-state index in [1.165, 1.54) is 12.5 Å². The Hall–Kier alpha value is -2.70. The van der Waals surface area contributed by atoms with E-state index < -0.39 is 5.54 Å². The van der Waals surface area contributed by atoms with E-state index in [1.807, 2.05) is 24.3 Å². The Bertz CT molecular complexity index is 850. The molecule has 0 spiro atoms. The van der Waals surface area contributed by atoms with Crippen molar-refractivity contribution in [2.75, 3.05) is 5.32 Å². The number of anilines is 1. The van der Waals surface area contributed by atoms with Gasteiger partial charge in [0.25, 0.3) is 0 Å². The molecule has 1 saturated carbocycles. The van der Waals surface area contributed by atoms with Crippen LogP contribution in [0.15, 0.2) is 28.8 Å². The van der Waals surface area contributed by atoms with Crippen molar-refractivity contribution in [2.24, 2.45) is 0 Å². The Labute approximate surface area is 178 Å². The average Bonchev–Trinajstić information content (AvgIpc) is 3.07. The SMILES string of the molecule is CC(=O)NC1(c2noc(CCC(=O)Nc3ccc(C(C)C)cc3)n2)CCCCCC1. The topological polar surface area (TPSA) is 97.1 Å². The van der Waals surface area contributed by atoms with Gasteiger partial charge in [-0.1, -0.05) is 56.8 Å². The van der Waals surface area contributed by atoms with E-state index in [-0.39, 0.29) is 18.2 Å². The molecule has 1 aromatic carbocycles. The van der Waals surface area contributed by atoms with Gasteiger partial charge in [-0.15, -0.1) is 0 Å². The fourth-order valence-corrected chi connectivity index (χ4v) is 4.02. The number of aromatic nitrogens is 2. The summed E-state index contributed by atoms with van der Waals surface area (Å²) in [7, 11) is 0. The van der Waals surface area contributed by atoms with Gasteiger partial charge in [0.1, 0.15) is 5.54 Å². The summed E-state index contributed by atoms with van der Waals surface area (Å²) in [6.07, 6.45) is 6.54. The van der Waals surface area contributed by atoms with E-state index in [4.69, 9.17) is 4.52 Å². The zero-order valence-electron chi connectivity index (χ0n) is 18.2. The number of benzene rings is 1. The molecule has 2 N–H and O–H groups in total. The Morgan fingerprint density at radius 1 is 1.10 bits per heavy atom. The molecule has 2 amide bonds. The predicted octanol–water partition coefficient (Wildman–Crippen LogP) is 4.45. The van der Waals surface area contributed by atoms with Crippen molar-refractivity contribution >= 4 is 17.5 Å². The summed E-state index contributed by atoms with van der Waals surface area (Å²) in [6, 6.07) is 7.89. The normalized spacial score (nSPS) is 16.1. The van der Waals surface area contributed by atoms with Crippen LogP contribution in [0.3, 0.4) is 0 Å². The molecule has 1 heterocycles. The lowest BCUT2D eigenvalue weighted by Crippen LogP contribution is -2.45. The molecule has 1 fully saturated rings. The lowest BCUT2D eigenvalue weighted by Gasteiger charge is -2.30. The number of rotatable bonds is 7. The first kappa shape index (κ1) is 22.0. The number of amides is 2. The van der Waals surface area contributed by atoms with Gasteiger partial charge in [0.05, 0.1) is 0 Å². The lowest BCUT2D eigenvalue weighted by atomic mass is 9.89. The van der Waals surface area contributed by atoms with Gasteiger partial charge in [-0.2, -0.15) is 4.98 Å². The maximum Gasteiger partial charge on any atom is 0.227 e. The van der Waals surface area contributed by atoms with Crippen molar-refractivity contribution in [2.45, 2.75) is 83.6 Å². The number of aryl methyl sites for hydroxylation is 1. The molecule has 2 aromatic rings. The summed E-state index contributed by atoms with van der Waals surface area (Å²) in [5.41, 5.74) is 1.45. The van der Waals surface area contributed by atoms with Crippen molar-refractivity contribution in [1.82, 2.24) is 15.5 Å². The molecule has 0 bridgehead atoms. The van der Waals surface area contributed by atoms with Gasteiger partial charge in [0, 0.05) is 25.5 Å². The molecule has 7 nitrogen and oxygen atoms in total. The molecule has 1 aliphatic rings.